The van der Waals surface area contributed by atoms with Gasteiger partial charge in [-0.2, -0.15) is 0 Å². The van der Waals surface area contributed by atoms with Crippen molar-refractivity contribution in [3.8, 4) is 0 Å². The topological polar surface area (TPSA) is 39.9 Å². The third kappa shape index (κ3) is 3.93. The van der Waals surface area contributed by atoms with Crippen LogP contribution in [0.15, 0.2) is 16.7 Å². The number of hydrogen-bond acceptors (Lipinski definition) is 3. The Bertz CT molecular complexity index is 571. The van der Waals surface area contributed by atoms with Crippen LogP contribution in [0.1, 0.15) is 26.1 Å². The molecule has 0 aliphatic carbocycles. The van der Waals surface area contributed by atoms with E-state index in [0.717, 1.165) is 41.0 Å². The zero-order chi connectivity index (χ0) is 14.5. The summed E-state index contributed by atoms with van der Waals surface area (Å²) in [5.74, 6) is 1.88. The number of alkyl halides is 1. The summed E-state index contributed by atoms with van der Waals surface area (Å²) in [7, 11) is 0. The van der Waals surface area contributed by atoms with Gasteiger partial charge >= 0.3 is 0 Å². The van der Waals surface area contributed by atoms with E-state index in [2.05, 4.69) is 39.7 Å². The summed E-state index contributed by atoms with van der Waals surface area (Å²) in [5, 5.41) is 0. The highest BCUT2D eigenvalue weighted by Crippen LogP contribution is 2.19. The average molecular weight is 361 g/mol. The number of halogens is 2. The fraction of sp³-hybridized carbons (Fsp3) is 0.571. The van der Waals surface area contributed by atoms with Crippen LogP contribution in [0, 0.1) is 5.92 Å². The molecule has 0 fully saturated rings. The van der Waals surface area contributed by atoms with Crippen molar-refractivity contribution in [2.24, 2.45) is 5.92 Å². The van der Waals surface area contributed by atoms with Crippen LogP contribution >= 0.6 is 27.5 Å². The molecule has 0 unspecified atom stereocenters. The normalized spacial score (nSPS) is 11.7. The molecule has 0 atom stereocenters. The van der Waals surface area contributed by atoms with Crippen molar-refractivity contribution < 1.29 is 4.74 Å². The van der Waals surface area contributed by atoms with Gasteiger partial charge in [0.1, 0.15) is 11.3 Å². The zero-order valence-electron chi connectivity index (χ0n) is 11.8. The van der Waals surface area contributed by atoms with E-state index in [0.29, 0.717) is 18.4 Å². The Morgan fingerprint density at radius 2 is 2.20 bits per heavy atom. The highest BCUT2D eigenvalue weighted by molar-refractivity contribution is 9.10. The first-order valence-corrected chi connectivity index (χ1v) is 8.09. The van der Waals surface area contributed by atoms with Gasteiger partial charge in [0.05, 0.1) is 12.5 Å². The molecule has 0 saturated carbocycles. The van der Waals surface area contributed by atoms with Crippen LogP contribution in [0.5, 0.6) is 0 Å². The van der Waals surface area contributed by atoms with Gasteiger partial charge < -0.3 is 9.30 Å². The van der Waals surface area contributed by atoms with Crippen LogP contribution in [0.2, 0.25) is 0 Å². The number of pyridine rings is 1. The number of rotatable bonds is 7. The molecule has 0 amide bonds. The molecule has 0 aliphatic heterocycles. The molecule has 20 heavy (non-hydrogen) atoms. The van der Waals surface area contributed by atoms with Crippen molar-refractivity contribution >= 4 is 38.7 Å². The van der Waals surface area contributed by atoms with Crippen LogP contribution < -0.4 is 0 Å². The molecule has 2 aromatic heterocycles. The summed E-state index contributed by atoms with van der Waals surface area (Å²) in [5.41, 5.74) is 1.72. The summed E-state index contributed by atoms with van der Waals surface area (Å²) in [6, 6.07) is 1.95. The maximum absolute atomic E-state index is 5.96. The fourth-order valence-corrected chi connectivity index (χ4v) is 2.47. The van der Waals surface area contributed by atoms with E-state index in [1.54, 1.807) is 6.20 Å². The quantitative estimate of drug-likeness (QED) is 0.553. The van der Waals surface area contributed by atoms with Crippen molar-refractivity contribution in [3.05, 3.63) is 22.6 Å². The first-order valence-electron chi connectivity index (χ1n) is 6.76. The lowest BCUT2D eigenvalue weighted by Crippen LogP contribution is -2.10. The molecule has 2 heterocycles. The molecule has 0 spiro atoms. The third-order valence-corrected chi connectivity index (χ3v) is 3.72. The molecule has 0 radical (unpaired) electrons. The molecule has 0 N–H and O–H groups in total. The number of imidazole rings is 1. The molecule has 6 heteroatoms. The SMILES string of the molecule is CC(C)CCOCCn1c(CCl)nc2cc(Br)cnc21. The van der Waals surface area contributed by atoms with Gasteiger partial charge in [-0.05, 0) is 34.3 Å². The lowest BCUT2D eigenvalue weighted by atomic mass is 10.1. The van der Waals surface area contributed by atoms with Crippen molar-refractivity contribution in [3.63, 3.8) is 0 Å². The van der Waals surface area contributed by atoms with Gasteiger partial charge in [0.25, 0.3) is 0 Å². The number of nitrogens with zero attached hydrogens (tertiary/aromatic N) is 3. The maximum Gasteiger partial charge on any atom is 0.160 e. The number of fused-ring (bicyclic) bond motifs is 1. The minimum Gasteiger partial charge on any atom is -0.380 e. The molecule has 0 aliphatic rings. The predicted octanol–water partition coefficient (Wildman–Crippen LogP) is 4.00. The highest BCUT2D eigenvalue weighted by Gasteiger charge is 2.11. The van der Waals surface area contributed by atoms with Crippen molar-refractivity contribution in [2.75, 3.05) is 13.2 Å². The van der Waals surface area contributed by atoms with Crippen LogP contribution in [-0.4, -0.2) is 27.7 Å². The first-order chi connectivity index (χ1) is 9.61. The summed E-state index contributed by atoms with van der Waals surface area (Å²) < 4.78 is 8.61. The number of aromatic nitrogens is 3. The average Bonchev–Trinajstić information content (AvgIpc) is 2.75. The predicted molar refractivity (Wildman–Crippen MR) is 85.1 cm³/mol. The monoisotopic (exact) mass is 359 g/mol. The maximum atomic E-state index is 5.96. The lowest BCUT2D eigenvalue weighted by molar-refractivity contribution is 0.116. The number of ether oxygens (including phenoxy) is 1. The molecular weight excluding hydrogens is 342 g/mol. The lowest BCUT2D eigenvalue weighted by Gasteiger charge is -2.09. The van der Waals surface area contributed by atoms with E-state index in [9.17, 15) is 0 Å². The smallest absolute Gasteiger partial charge is 0.160 e. The number of hydrogen-bond donors (Lipinski definition) is 0. The molecule has 2 rings (SSSR count). The fourth-order valence-electron chi connectivity index (χ4n) is 1.95. The third-order valence-electron chi connectivity index (χ3n) is 3.05. The van der Waals surface area contributed by atoms with Crippen molar-refractivity contribution in [1.29, 1.82) is 0 Å². The van der Waals surface area contributed by atoms with Crippen LogP contribution in [0.25, 0.3) is 11.2 Å². The standard InChI is InChI=1S/C14H19BrClN3O/c1-10(2)3-5-20-6-4-19-13(8-16)18-12-7-11(15)9-17-14(12)19/h7,9-10H,3-6,8H2,1-2H3. The summed E-state index contributed by atoms with van der Waals surface area (Å²) in [6.45, 7) is 6.56. The van der Waals surface area contributed by atoms with Gasteiger partial charge in [-0.3, -0.25) is 0 Å². The Kier molecular flexibility index (Phi) is 5.81. The van der Waals surface area contributed by atoms with Gasteiger partial charge in [-0.1, -0.05) is 13.8 Å². The first kappa shape index (κ1) is 15.7. The minimum atomic E-state index is 0.375. The van der Waals surface area contributed by atoms with Crippen LogP contribution in [-0.2, 0) is 17.2 Å². The van der Waals surface area contributed by atoms with E-state index in [1.165, 1.54) is 0 Å². The molecule has 0 aromatic carbocycles. The van der Waals surface area contributed by atoms with Crippen LogP contribution in [0.3, 0.4) is 0 Å². The van der Waals surface area contributed by atoms with E-state index in [4.69, 9.17) is 16.3 Å². The van der Waals surface area contributed by atoms with E-state index in [1.807, 2.05) is 10.6 Å². The zero-order valence-corrected chi connectivity index (χ0v) is 14.1. The van der Waals surface area contributed by atoms with E-state index >= 15 is 0 Å². The Hall–Kier alpha value is -0.650. The molecule has 2 aromatic rings. The summed E-state index contributed by atoms with van der Waals surface area (Å²) in [6.07, 6.45) is 2.86. The van der Waals surface area contributed by atoms with Gasteiger partial charge in [0.2, 0.25) is 0 Å². The van der Waals surface area contributed by atoms with Gasteiger partial charge in [-0.25, -0.2) is 9.97 Å². The molecule has 4 nitrogen and oxygen atoms in total. The molecule has 0 saturated heterocycles. The second kappa shape index (κ2) is 7.38. The van der Waals surface area contributed by atoms with E-state index in [-0.39, 0.29) is 0 Å². The van der Waals surface area contributed by atoms with Gasteiger partial charge in [0, 0.05) is 23.8 Å². The Morgan fingerprint density at radius 1 is 1.40 bits per heavy atom. The van der Waals surface area contributed by atoms with Crippen molar-refractivity contribution in [2.45, 2.75) is 32.7 Å². The summed E-state index contributed by atoms with van der Waals surface area (Å²) >= 11 is 9.37. The van der Waals surface area contributed by atoms with Gasteiger partial charge in [0.15, 0.2) is 5.65 Å². The second-order valence-electron chi connectivity index (χ2n) is 5.10. The molecule has 0 bridgehead atoms. The highest BCUT2D eigenvalue weighted by atomic mass is 79.9. The minimum absolute atomic E-state index is 0.375. The van der Waals surface area contributed by atoms with Crippen LogP contribution in [0.4, 0.5) is 0 Å². The van der Waals surface area contributed by atoms with Gasteiger partial charge in [-0.15, -0.1) is 11.6 Å². The van der Waals surface area contributed by atoms with E-state index < -0.39 is 0 Å². The molecular formula is C14H19BrClN3O. The largest absolute Gasteiger partial charge is 0.380 e. The Morgan fingerprint density at radius 3 is 2.90 bits per heavy atom. The second-order valence-corrected chi connectivity index (χ2v) is 6.29. The Labute approximate surface area is 132 Å². The Balaban J connectivity index is 2.04. The summed E-state index contributed by atoms with van der Waals surface area (Å²) in [4.78, 5) is 8.92. The van der Waals surface area contributed by atoms with Crippen molar-refractivity contribution in [1.82, 2.24) is 14.5 Å². The molecule has 110 valence electrons.